The summed E-state index contributed by atoms with van der Waals surface area (Å²) in [6.07, 6.45) is 1.27. The van der Waals surface area contributed by atoms with Crippen molar-refractivity contribution in [2.45, 2.75) is 19.3 Å². The van der Waals surface area contributed by atoms with Crippen LogP contribution in [-0.4, -0.2) is 12.5 Å². The van der Waals surface area contributed by atoms with Gasteiger partial charge in [-0.3, -0.25) is 4.79 Å². The van der Waals surface area contributed by atoms with Crippen LogP contribution in [0.4, 0.5) is 4.39 Å². The van der Waals surface area contributed by atoms with Gasteiger partial charge >= 0.3 is 0 Å². The fourth-order valence-electron chi connectivity index (χ4n) is 2.10. The lowest BCUT2D eigenvalue weighted by Gasteiger charge is -2.07. The second-order valence-corrected chi connectivity index (χ2v) is 5.77. The van der Waals surface area contributed by atoms with Crippen LogP contribution in [0, 0.1) is 5.82 Å². The Morgan fingerprint density at radius 3 is 2.55 bits per heavy atom. The molecule has 0 fully saturated rings. The maximum Gasteiger partial charge on any atom is 0.220 e. The summed E-state index contributed by atoms with van der Waals surface area (Å²) in [6.45, 7) is 0.484. The van der Waals surface area contributed by atoms with Gasteiger partial charge in [-0.2, -0.15) is 0 Å². The minimum Gasteiger partial charge on any atom is -0.356 e. The first-order valence-electron chi connectivity index (χ1n) is 7.00. The Balaban J connectivity index is 1.75. The van der Waals surface area contributed by atoms with Crippen LogP contribution in [0.25, 0.3) is 0 Å². The van der Waals surface area contributed by atoms with Crippen LogP contribution in [0.5, 0.6) is 0 Å². The van der Waals surface area contributed by atoms with Crippen molar-refractivity contribution in [2.75, 3.05) is 6.54 Å². The van der Waals surface area contributed by atoms with Gasteiger partial charge in [0.05, 0.1) is 0 Å². The molecular formula is C17H16Cl2FNO. The molecule has 0 heterocycles. The number of halogens is 3. The predicted molar refractivity (Wildman–Crippen MR) is 87.9 cm³/mol. The molecule has 0 aliphatic carbocycles. The van der Waals surface area contributed by atoms with Gasteiger partial charge in [-0.05, 0) is 42.2 Å². The SMILES string of the molecule is O=C(CCc1ccccc1F)NCCc1ccc(Cl)cc1Cl. The van der Waals surface area contributed by atoms with E-state index in [1.165, 1.54) is 6.07 Å². The molecule has 2 rings (SSSR count). The Kier molecular flexibility index (Phi) is 6.22. The van der Waals surface area contributed by atoms with Crippen molar-refractivity contribution in [1.82, 2.24) is 5.32 Å². The topological polar surface area (TPSA) is 29.1 Å². The third-order valence-electron chi connectivity index (χ3n) is 3.31. The zero-order valence-corrected chi connectivity index (χ0v) is 13.4. The van der Waals surface area contributed by atoms with E-state index in [4.69, 9.17) is 23.2 Å². The molecule has 0 saturated carbocycles. The van der Waals surface area contributed by atoms with Crippen LogP contribution in [0.15, 0.2) is 42.5 Å². The van der Waals surface area contributed by atoms with E-state index in [0.29, 0.717) is 35.0 Å². The summed E-state index contributed by atoms with van der Waals surface area (Å²) in [5, 5.41) is 3.99. The largest absolute Gasteiger partial charge is 0.356 e. The zero-order valence-electron chi connectivity index (χ0n) is 11.9. The predicted octanol–water partition coefficient (Wildman–Crippen LogP) is 4.42. The summed E-state index contributed by atoms with van der Waals surface area (Å²) in [4.78, 5) is 11.8. The van der Waals surface area contributed by atoms with Crippen molar-refractivity contribution < 1.29 is 9.18 Å². The Morgan fingerprint density at radius 2 is 1.82 bits per heavy atom. The first kappa shape index (κ1) is 16.8. The first-order valence-corrected chi connectivity index (χ1v) is 7.76. The molecule has 2 aromatic carbocycles. The molecule has 0 unspecified atom stereocenters. The number of carbonyl (C=O) groups excluding carboxylic acids is 1. The fraction of sp³-hybridized carbons (Fsp3) is 0.235. The van der Waals surface area contributed by atoms with Crippen LogP contribution in [0.1, 0.15) is 17.5 Å². The van der Waals surface area contributed by atoms with E-state index in [9.17, 15) is 9.18 Å². The molecule has 5 heteroatoms. The molecule has 0 aliphatic rings. The molecule has 0 spiro atoms. The molecule has 0 saturated heterocycles. The van der Waals surface area contributed by atoms with Crippen molar-refractivity contribution in [3.05, 3.63) is 69.5 Å². The first-order chi connectivity index (χ1) is 10.6. The van der Waals surface area contributed by atoms with Crippen molar-refractivity contribution >= 4 is 29.1 Å². The summed E-state index contributed by atoms with van der Waals surface area (Å²) in [7, 11) is 0. The van der Waals surface area contributed by atoms with Gasteiger partial charge in [-0.15, -0.1) is 0 Å². The highest BCUT2D eigenvalue weighted by Crippen LogP contribution is 2.21. The monoisotopic (exact) mass is 339 g/mol. The molecule has 0 radical (unpaired) electrons. The molecule has 1 amide bonds. The highest BCUT2D eigenvalue weighted by molar-refractivity contribution is 6.35. The lowest BCUT2D eigenvalue weighted by Crippen LogP contribution is -2.26. The van der Waals surface area contributed by atoms with E-state index in [-0.39, 0.29) is 18.1 Å². The number of aryl methyl sites for hydroxylation is 1. The molecule has 2 nitrogen and oxygen atoms in total. The minimum absolute atomic E-state index is 0.103. The lowest BCUT2D eigenvalue weighted by atomic mass is 10.1. The Morgan fingerprint density at radius 1 is 1.05 bits per heavy atom. The van der Waals surface area contributed by atoms with Gasteiger partial charge in [0, 0.05) is 23.0 Å². The van der Waals surface area contributed by atoms with Gasteiger partial charge in [0.1, 0.15) is 5.82 Å². The molecule has 22 heavy (non-hydrogen) atoms. The van der Waals surface area contributed by atoms with E-state index in [1.54, 1.807) is 30.3 Å². The molecule has 1 N–H and O–H groups in total. The number of hydrogen-bond donors (Lipinski definition) is 1. The number of rotatable bonds is 6. The highest BCUT2D eigenvalue weighted by Gasteiger charge is 2.06. The van der Waals surface area contributed by atoms with Crippen LogP contribution < -0.4 is 5.32 Å². The van der Waals surface area contributed by atoms with Crippen molar-refractivity contribution in [1.29, 1.82) is 0 Å². The summed E-state index contributed by atoms with van der Waals surface area (Å²) < 4.78 is 13.4. The Bertz CT molecular complexity index is 661. The average molecular weight is 340 g/mol. The summed E-state index contributed by atoms with van der Waals surface area (Å²) in [5.41, 5.74) is 1.49. The number of hydrogen-bond acceptors (Lipinski definition) is 1. The smallest absolute Gasteiger partial charge is 0.220 e. The van der Waals surface area contributed by atoms with Crippen molar-refractivity contribution in [2.24, 2.45) is 0 Å². The molecule has 2 aromatic rings. The molecular weight excluding hydrogens is 324 g/mol. The van der Waals surface area contributed by atoms with E-state index in [0.717, 1.165) is 5.56 Å². The normalized spacial score (nSPS) is 10.5. The lowest BCUT2D eigenvalue weighted by molar-refractivity contribution is -0.121. The van der Waals surface area contributed by atoms with Gasteiger partial charge < -0.3 is 5.32 Å². The van der Waals surface area contributed by atoms with Crippen molar-refractivity contribution in [3.63, 3.8) is 0 Å². The highest BCUT2D eigenvalue weighted by atomic mass is 35.5. The quantitative estimate of drug-likeness (QED) is 0.828. The molecule has 116 valence electrons. The van der Waals surface area contributed by atoms with E-state index in [2.05, 4.69) is 5.32 Å². The summed E-state index contributed by atoms with van der Waals surface area (Å²) >= 11 is 11.9. The molecule has 0 atom stereocenters. The van der Waals surface area contributed by atoms with Crippen molar-refractivity contribution in [3.8, 4) is 0 Å². The van der Waals surface area contributed by atoms with Gasteiger partial charge in [0.2, 0.25) is 5.91 Å². The van der Waals surface area contributed by atoms with Crippen LogP contribution >= 0.6 is 23.2 Å². The summed E-state index contributed by atoms with van der Waals surface area (Å²) in [6, 6.07) is 11.8. The van der Waals surface area contributed by atoms with Gasteiger partial charge in [0.25, 0.3) is 0 Å². The van der Waals surface area contributed by atoms with Crippen LogP contribution in [0.2, 0.25) is 10.0 Å². The minimum atomic E-state index is -0.275. The number of carbonyl (C=O) groups is 1. The van der Waals surface area contributed by atoms with E-state index >= 15 is 0 Å². The third kappa shape index (κ3) is 5.00. The Labute approximate surface area is 139 Å². The fourth-order valence-corrected chi connectivity index (χ4v) is 2.60. The molecule has 0 bridgehead atoms. The standard InChI is InChI=1S/C17H16Cl2FNO/c18-14-7-5-12(15(19)11-14)9-10-21-17(22)8-6-13-3-1-2-4-16(13)20/h1-5,7,11H,6,8-10H2,(H,21,22). The second kappa shape index (κ2) is 8.16. The average Bonchev–Trinajstić information content (AvgIpc) is 2.49. The third-order valence-corrected chi connectivity index (χ3v) is 3.90. The van der Waals surface area contributed by atoms with Gasteiger partial charge in [0.15, 0.2) is 0 Å². The van der Waals surface area contributed by atoms with E-state index in [1.807, 2.05) is 6.07 Å². The zero-order chi connectivity index (χ0) is 15.9. The molecule has 0 aromatic heterocycles. The maximum atomic E-state index is 13.4. The van der Waals surface area contributed by atoms with Gasteiger partial charge in [-0.25, -0.2) is 4.39 Å². The van der Waals surface area contributed by atoms with Crippen LogP contribution in [0.3, 0.4) is 0 Å². The number of benzene rings is 2. The summed E-state index contributed by atoms with van der Waals surface area (Å²) in [5.74, 6) is -0.378. The number of nitrogens with one attached hydrogen (secondary N) is 1. The van der Waals surface area contributed by atoms with Crippen LogP contribution in [-0.2, 0) is 17.6 Å². The molecule has 0 aliphatic heterocycles. The number of amides is 1. The maximum absolute atomic E-state index is 13.4. The van der Waals surface area contributed by atoms with Gasteiger partial charge in [-0.1, -0.05) is 47.5 Å². The second-order valence-electron chi connectivity index (χ2n) is 4.93. The Hall–Kier alpha value is -1.58. The van der Waals surface area contributed by atoms with E-state index < -0.39 is 0 Å².